The van der Waals surface area contributed by atoms with Crippen molar-refractivity contribution in [3.05, 3.63) is 29.8 Å². The van der Waals surface area contributed by atoms with E-state index in [1.807, 2.05) is 45.0 Å². The Bertz CT molecular complexity index is 452. The van der Waals surface area contributed by atoms with Crippen molar-refractivity contribution in [1.82, 2.24) is 5.32 Å². The molecule has 0 aliphatic rings. The molecule has 0 saturated carbocycles. The van der Waals surface area contributed by atoms with Crippen molar-refractivity contribution >= 4 is 11.8 Å². The van der Waals surface area contributed by atoms with Crippen LogP contribution in [-0.2, 0) is 16.0 Å². The fourth-order valence-corrected chi connectivity index (χ4v) is 1.82. The summed E-state index contributed by atoms with van der Waals surface area (Å²) in [6, 6.07) is 8.13. The number of methoxy groups -OCH3 is 1. The van der Waals surface area contributed by atoms with Gasteiger partial charge in [-0.05, 0) is 51.8 Å². The normalized spacial score (nSPS) is 12.8. The zero-order valence-corrected chi connectivity index (χ0v) is 14.2. The predicted octanol–water partition coefficient (Wildman–Crippen LogP) is 3.55. The molecule has 22 heavy (non-hydrogen) atoms. The van der Waals surface area contributed by atoms with Crippen LogP contribution in [0, 0.1) is 0 Å². The maximum absolute atomic E-state index is 11.7. The Hall–Kier alpha value is -1.59. The molecule has 0 saturated heterocycles. The average Bonchev–Trinajstić information content (AvgIpc) is 2.42. The van der Waals surface area contributed by atoms with Gasteiger partial charge in [0.05, 0.1) is 0 Å². The van der Waals surface area contributed by atoms with Gasteiger partial charge in [0, 0.05) is 32.0 Å². The molecule has 5 heteroatoms. The van der Waals surface area contributed by atoms with Gasteiger partial charge in [0.2, 0.25) is 0 Å². The molecular weight excluding hydrogens is 280 g/mol. The highest BCUT2D eigenvalue weighted by Crippen LogP contribution is 2.13. The molecule has 124 valence electrons. The van der Waals surface area contributed by atoms with Crippen LogP contribution in [0.1, 0.15) is 39.7 Å². The summed E-state index contributed by atoms with van der Waals surface area (Å²) in [4.78, 5) is 11.7. The Kier molecular flexibility index (Phi) is 7.35. The van der Waals surface area contributed by atoms with Crippen LogP contribution in [0.25, 0.3) is 0 Å². The van der Waals surface area contributed by atoms with Gasteiger partial charge in [0.15, 0.2) is 0 Å². The molecule has 2 N–H and O–H groups in total. The third kappa shape index (κ3) is 8.00. The molecule has 1 rings (SSSR count). The fraction of sp³-hybridized carbons (Fsp3) is 0.588. The van der Waals surface area contributed by atoms with Gasteiger partial charge in [-0.3, -0.25) is 5.32 Å². The summed E-state index contributed by atoms with van der Waals surface area (Å²) in [7, 11) is 1.71. The minimum Gasteiger partial charge on any atom is -0.444 e. The summed E-state index contributed by atoms with van der Waals surface area (Å²) < 4.78 is 10.3. The lowest BCUT2D eigenvalue weighted by atomic mass is 10.2. The lowest BCUT2D eigenvalue weighted by Crippen LogP contribution is -2.27. The zero-order valence-electron chi connectivity index (χ0n) is 14.2. The number of rotatable bonds is 7. The second kappa shape index (κ2) is 8.76. The van der Waals surface area contributed by atoms with Crippen LogP contribution in [0.3, 0.4) is 0 Å². The number of hydrogen-bond donors (Lipinski definition) is 2. The van der Waals surface area contributed by atoms with Gasteiger partial charge in [-0.1, -0.05) is 12.1 Å². The van der Waals surface area contributed by atoms with E-state index in [1.54, 1.807) is 7.11 Å². The maximum atomic E-state index is 11.7. The van der Waals surface area contributed by atoms with Gasteiger partial charge in [-0.2, -0.15) is 0 Å². The molecule has 5 nitrogen and oxygen atoms in total. The SMILES string of the molecule is COCCC(C)NCc1ccc(NC(=O)OC(C)(C)C)cc1. The molecule has 0 aliphatic carbocycles. The van der Waals surface area contributed by atoms with Gasteiger partial charge >= 0.3 is 6.09 Å². The Labute approximate surface area is 133 Å². The van der Waals surface area contributed by atoms with Crippen molar-refractivity contribution < 1.29 is 14.3 Å². The maximum Gasteiger partial charge on any atom is 0.412 e. The Morgan fingerprint density at radius 3 is 2.41 bits per heavy atom. The number of nitrogens with one attached hydrogen (secondary N) is 2. The van der Waals surface area contributed by atoms with Gasteiger partial charge in [0.1, 0.15) is 5.60 Å². The van der Waals surface area contributed by atoms with Crippen molar-refractivity contribution in [3.8, 4) is 0 Å². The Morgan fingerprint density at radius 2 is 1.86 bits per heavy atom. The van der Waals surface area contributed by atoms with E-state index in [4.69, 9.17) is 9.47 Å². The standard InChI is InChI=1S/C17H28N2O3/c1-13(10-11-21-5)18-12-14-6-8-15(9-7-14)19-16(20)22-17(2,3)4/h6-9,13,18H,10-12H2,1-5H3,(H,19,20). The average molecular weight is 308 g/mol. The highest BCUT2D eigenvalue weighted by Gasteiger charge is 2.16. The van der Waals surface area contributed by atoms with Crippen molar-refractivity contribution in [1.29, 1.82) is 0 Å². The highest BCUT2D eigenvalue weighted by atomic mass is 16.6. The molecular formula is C17H28N2O3. The molecule has 1 aromatic carbocycles. The van der Waals surface area contributed by atoms with E-state index in [0.717, 1.165) is 25.3 Å². The van der Waals surface area contributed by atoms with Crippen LogP contribution in [0.2, 0.25) is 0 Å². The molecule has 1 aromatic rings. The monoisotopic (exact) mass is 308 g/mol. The van der Waals surface area contributed by atoms with E-state index < -0.39 is 11.7 Å². The van der Waals surface area contributed by atoms with E-state index in [0.29, 0.717) is 6.04 Å². The predicted molar refractivity (Wildman–Crippen MR) is 89.1 cm³/mol. The summed E-state index contributed by atoms with van der Waals surface area (Å²) in [5.41, 5.74) is 1.40. The first-order valence-electron chi connectivity index (χ1n) is 7.61. The zero-order chi connectivity index (χ0) is 16.6. The molecule has 0 spiro atoms. The number of carbonyl (C=O) groups is 1. The van der Waals surface area contributed by atoms with Crippen LogP contribution in [0.5, 0.6) is 0 Å². The van der Waals surface area contributed by atoms with Gasteiger partial charge in [-0.25, -0.2) is 4.79 Å². The Balaban J connectivity index is 2.41. The summed E-state index contributed by atoms with van der Waals surface area (Å²) in [6.07, 6.45) is 0.543. The van der Waals surface area contributed by atoms with E-state index in [-0.39, 0.29) is 0 Å². The van der Waals surface area contributed by atoms with Crippen LogP contribution in [0.15, 0.2) is 24.3 Å². The molecule has 0 heterocycles. The van der Waals surface area contributed by atoms with Gasteiger partial charge in [0.25, 0.3) is 0 Å². The minimum absolute atomic E-state index is 0.402. The summed E-state index contributed by atoms with van der Waals surface area (Å²) >= 11 is 0. The number of ether oxygens (including phenoxy) is 2. The van der Waals surface area contributed by atoms with Gasteiger partial charge in [-0.15, -0.1) is 0 Å². The van der Waals surface area contributed by atoms with Crippen LogP contribution < -0.4 is 10.6 Å². The van der Waals surface area contributed by atoms with E-state index in [9.17, 15) is 4.79 Å². The van der Waals surface area contributed by atoms with Crippen LogP contribution in [-0.4, -0.2) is 31.5 Å². The van der Waals surface area contributed by atoms with Crippen molar-refractivity contribution in [2.45, 2.75) is 52.3 Å². The first kappa shape index (κ1) is 18.5. The van der Waals surface area contributed by atoms with E-state index >= 15 is 0 Å². The molecule has 0 radical (unpaired) electrons. The van der Waals surface area contributed by atoms with Gasteiger partial charge < -0.3 is 14.8 Å². The first-order valence-corrected chi connectivity index (χ1v) is 7.61. The highest BCUT2D eigenvalue weighted by molar-refractivity contribution is 5.84. The van der Waals surface area contributed by atoms with Crippen LogP contribution in [0.4, 0.5) is 10.5 Å². The Morgan fingerprint density at radius 1 is 1.23 bits per heavy atom. The molecule has 0 aromatic heterocycles. The molecule has 1 amide bonds. The lowest BCUT2D eigenvalue weighted by Gasteiger charge is -2.19. The second-order valence-corrected chi connectivity index (χ2v) is 6.39. The molecule has 0 fully saturated rings. The summed E-state index contributed by atoms with van der Waals surface area (Å²) in [5, 5.41) is 6.15. The number of benzene rings is 1. The van der Waals surface area contributed by atoms with Crippen molar-refractivity contribution in [2.75, 3.05) is 19.0 Å². The largest absolute Gasteiger partial charge is 0.444 e. The minimum atomic E-state index is -0.494. The smallest absolute Gasteiger partial charge is 0.412 e. The molecule has 0 bridgehead atoms. The number of hydrogen-bond acceptors (Lipinski definition) is 4. The van der Waals surface area contributed by atoms with E-state index in [2.05, 4.69) is 17.6 Å². The molecule has 1 unspecified atom stereocenters. The second-order valence-electron chi connectivity index (χ2n) is 6.39. The third-order valence-electron chi connectivity index (χ3n) is 3.01. The quantitative estimate of drug-likeness (QED) is 0.809. The molecule has 0 aliphatic heterocycles. The van der Waals surface area contributed by atoms with E-state index in [1.165, 1.54) is 5.56 Å². The number of carbonyl (C=O) groups excluding carboxylic acids is 1. The topological polar surface area (TPSA) is 59.6 Å². The summed E-state index contributed by atoms with van der Waals surface area (Å²) in [6.45, 7) is 9.20. The van der Waals surface area contributed by atoms with Crippen LogP contribution >= 0.6 is 0 Å². The third-order valence-corrected chi connectivity index (χ3v) is 3.01. The van der Waals surface area contributed by atoms with Crippen molar-refractivity contribution in [3.63, 3.8) is 0 Å². The molecule has 1 atom stereocenters. The summed E-state index contributed by atoms with van der Waals surface area (Å²) in [5.74, 6) is 0. The fourth-order valence-electron chi connectivity index (χ4n) is 1.82. The lowest BCUT2D eigenvalue weighted by molar-refractivity contribution is 0.0636. The number of amides is 1. The van der Waals surface area contributed by atoms with Crippen molar-refractivity contribution in [2.24, 2.45) is 0 Å². The number of anilines is 1. The first-order chi connectivity index (χ1) is 10.3.